The maximum atomic E-state index is 14.2. The molecule has 3 N–H and O–H groups in total. The van der Waals surface area contributed by atoms with Gasteiger partial charge in [0.25, 0.3) is 0 Å². The Morgan fingerprint density at radius 1 is 1.29 bits per heavy atom. The predicted molar refractivity (Wildman–Crippen MR) is 121 cm³/mol. The minimum Gasteiger partial charge on any atom is -0.490 e. The maximum absolute atomic E-state index is 14.2. The molecule has 1 aromatic rings. The molecule has 2 aliphatic rings. The van der Waals surface area contributed by atoms with E-state index >= 15 is 0 Å². The molecular weight excluding hydrogens is 395 g/mol. The first-order valence-electron chi connectivity index (χ1n) is 11.4. The molecule has 1 heterocycles. The third-order valence-electron chi connectivity index (χ3n) is 5.75. The highest BCUT2D eigenvalue weighted by molar-refractivity contribution is 5.79. The molecule has 0 radical (unpaired) electrons. The Labute approximate surface area is 185 Å². The van der Waals surface area contributed by atoms with Crippen LogP contribution in [0.5, 0.6) is 5.75 Å². The Morgan fingerprint density at radius 2 is 2.06 bits per heavy atom. The number of nitrogens with one attached hydrogen (secondary N) is 3. The SMILES string of the molecule is C=C1CN(CCCCCNNC(c2ccc(F)c(OCC3CC3)c2)C(C)(C)C)C(=O)N1. The second kappa shape index (κ2) is 10.5. The van der Waals surface area contributed by atoms with Crippen molar-refractivity contribution in [3.63, 3.8) is 0 Å². The molecule has 1 unspecified atom stereocenters. The van der Waals surface area contributed by atoms with Crippen molar-refractivity contribution in [1.29, 1.82) is 0 Å². The predicted octanol–water partition coefficient (Wildman–Crippen LogP) is 4.51. The van der Waals surface area contributed by atoms with Gasteiger partial charge in [0.2, 0.25) is 0 Å². The van der Waals surface area contributed by atoms with Crippen molar-refractivity contribution in [1.82, 2.24) is 21.1 Å². The highest BCUT2D eigenvalue weighted by Crippen LogP contribution is 2.35. The van der Waals surface area contributed by atoms with Crippen LogP contribution in [0.3, 0.4) is 0 Å². The molecule has 1 aromatic carbocycles. The molecule has 1 saturated carbocycles. The fraction of sp³-hybridized carbons (Fsp3) is 0.625. The van der Waals surface area contributed by atoms with Gasteiger partial charge in [0.05, 0.1) is 19.2 Å². The van der Waals surface area contributed by atoms with Crippen LogP contribution in [-0.2, 0) is 0 Å². The minimum atomic E-state index is -0.305. The smallest absolute Gasteiger partial charge is 0.321 e. The highest BCUT2D eigenvalue weighted by atomic mass is 19.1. The van der Waals surface area contributed by atoms with Gasteiger partial charge < -0.3 is 15.0 Å². The van der Waals surface area contributed by atoms with Gasteiger partial charge in [0.1, 0.15) is 0 Å². The molecule has 172 valence electrons. The number of urea groups is 1. The Kier molecular flexibility index (Phi) is 7.94. The maximum Gasteiger partial charge on any atom is 0.321 e. The standard InChI is InChI=1S/C24H37FN4O2/c1-17-15-29(23(30)27-17)13-7-5-6-12-26-28-22(24(2,3)4)19-10-11-20(25)21(14-19)31-16-18-8-9-18/h10-11,14,18,22,26,28H,1,5-9,12-13,15-16H2,2-4H3,(H,27,30). The van der Waals surface area contributed by atoms with Gasteiger partial charge >= 0.3 is 6.03 Å². The molecule has 0 bridgehead atoms. The molecule has 1 saturated heterocycles. The van der Waals surface area contributed by atoms with Gasteiger partial charge in [-0.1, -0.05) is 39.8 Å². The van der Waals surface area contributed by atoms with Gasteiger partial charge in [-0.15, -0.1) is 0 Å². The molecule has 1 atom stereocenters. The lowest BCUT2D eigenvalue weighted by molar-refractivity contribution is 0.216. The van der Waals surface area contributed by atoms with E-state index in [1.165, 1.54) is 18.9 Å². The minimum absolute atomic E-state index is 0.00989. The van der Waals surface area contributed by atoms with E-state index in [2.05, 4.69) is 43.5 Å². The largest absolute Gasteiger partial charge is 0.490 e. The van der Waals surface area contributed by atoms with Crippen molar-refractivity contribution in [3.05, 3.63) is 41.9 Å². The molecule has 6 nitrogen and oxygen atoms in total. The van der Waals surface area contributed by atoms with Crippen molar-refractivity contribution in [3.8, 4) is 5.75 Å². The Hall–Kier alpha value is -2.12. The van der Waals surface area contributed by atoms with Gasteiger partial charge in [-0.05, 0) is 54.7 Å². The number of unbranched alkanes of at least 4 members (excludes halogenated alkanes) is 2. The van der Waals surface area contributed by atoms with Crippen molar-refractivity contribution in [2.45, 2.75) is 58.9 Å². The Balaban J connectivity index is 1.43. The summed E-state index contributed by atoms with van der Waals surface area (Å²) in [6.45, 7) is 13.1. The monoisotopic (exact) mass is 432 g/mol. The van der Waals surface area contributed by atoms with E-state index in [0.29, 0.717) is 24.8 Å². The fourth-order valence-corrected chi connectivity index (χ4v) is 3.72. The van der Waals surface area contributed by atoms with E-state index in [4.69, 9.17) is 4.74 Å². The first-order chi connectivity index (χ1) is 14.7. The summed E-state index contributed by atoms with van der Waals surface area (Å²) in [5.74, 6) is 0.620. The molecule has 7 heteroatoms. The topological polar surface area (TPSA) is 65.6 Å². The Bertz CT molecular complexity index is 773. The van der Waals surface area contributed by atoms with Crippen LogP contribution in [0.4, 0.5) is 9.18 Å². The normalized spacial score (nSPS) is 17.7. The van der Waals surface area contributed by atoms with Crippen LogP contribution in [0.1, 0.15) is 64.5 Å². The zero-order valence-electron chi connectivity index (χ0n) is 19.1. The summed E-state index contributed by atoms with van der Waals surface area (Å²) in [5.41, 5.74) is 8.48. The molecule has 2 amide bonds. The van der Waals surface area contributed by atoms with Crippen LogP contribution in [-0.4, -0.2) is 37.2 Å². The van der Waals surface area contributed by atoms with Crippen molar-refractivity contribution < 1.29 is 13.9 Å². The molecule has 1 aliphatic carbocycles. The molecule has 2 fully saturated rings. The van der Waals surface area contributed by atoms with E-state index in [0.717, 1.165) is 43.6 Å². The molecule has 0 spiro atoms. The average Bonchev–Trinajstić information content (AvgIpc) is 3.46. The number of carbonyl (C=O) groups is 1. The van der Waals surface area contributed by atoms with Gasteiger partial charge in [0.15, 0.2) is 11.6 Å². The third kappa shape index (κ3) is 7.21. The zero-order chi connectivity index (χ0) is 22.4. The van der Waals surface area contributed by atoms with Gasteiger partial charge in [0, 0.05) is 18.8 Å². The molecule has 0 aromatic heterocycles. The van der Waals surface area contributed by atoms with E-state index in [9.17, 15) is 9.18 Å². The van der Waals surface area contributed by atoms with Crippen LogP contribution in [0.15, 0.2) is 30.5 Å². The third-order valence-corrected chi connectivity index (χ3v) is 5.75. The fourth-order valence-electron chi connectivity index (χ4n) is 3.72. The lowest BCUT2D eigenvalue weighted by Crippen LogP contribution is -2.42. The van der Waals surface area contributed by atoms with Crippen molar-refractivity contribution in [2.24, 2.45) is 11.3 Å². The van der Waals surface area contributed by atoms with E-state index in [-0.39, 0.29) is 23.3 Å². The van der Waals surface area contributed by atoms with Gasteiger partial charge in [-0.25, -0.2) is 14.6 Å². The average molecular weight is 433 g/mol. The van der Waals surface area contributed by atoms with Crippen LogP contribution >= 0.6 is 0 Å². The lowest BCUT2D eigenvalue weighted by Gasteiger charge is -2.32. The van der Waals surface area contributed by atoms with Gasteiger partial charge in [-0.3, -0.25) is 5.43 Å². The number of halogens is 1. The summed E-state index contributed by atoms with van der Waals surface area (Å²) >= 11 is 0. The summed E-state index contributed by atoms with van der Waals surface area (Å²) in [5, 5.41) is 2.73. The van der Waals surface area contributed by atoms with E-state index in [1.54, 1.807) is 4.90 Å². The number of nitrogens with zero attached hydrogens (tertiary/aromatic N) is 1. The number of rotatable bonds is 12. The van der Waals surface area contributed by atoms with Crippen LogP contribution in [0.25, 0.3) is 0 Å². The van der Waals surface area contributed by atoms with E-state index < -0.39 is 0 Å². The lowest BCUT2D eigenvalue weighted by atomic mass is 9.82. The second-order valence-electron chi connectivity index (χ2n) is 9.83. The molecule has 3 rings (SSSR count). The van der Waals surface area contributed by atoms with Crippen LogP contribution in [0, 0.1) is 17.2 Å². The summed E-state index contributed by atoms with van der Waals surface area (Å²) in [6, 6.07) is 5.13. The van der Waals surface area contributed by atoms with Crippen molar-refractivity contribution >= 4 is 6.03 Å². The Morgan fingerprint density at radius 3 is 2.71 bits per heavy atom. The molecule has 1 aliphatic heterocycles. The number of carbonyl (C=O) groups excluding carboxylic acids is 1. The summed E-state index contributed by atoms with van der Waals surface area (Å²) < 4.78 is 19.9. The number of benzene rings is 1. The molecule has 31 heavy (non-hydrogen) atoms. The number of hydrogen-bond acceptors (Lipinski definition) is 4. The summed E-state index contributed by atoms with van der Waals surface area (Å²) in [4.78, 5) is 13.5. The van der Waals surface area contributed by atoms with Crippen LogP contribution < -0.4 is 20.9 Å². The summed E-state index contributed by atoms with van der Waals surface area (Å²) in [7, 11) is 0. The highest BCUT2D eigenvalue weighted by Gasteiger charge is 2.28. The van der Waals surface area contributed by atoms with E-state index in [1.807, 2.05) is 12.1 Å². The quantitative estimate of drug-likeness (QED) is 0.336. The first-order valence-corrected chi connectivity index (χ1v) is 11.4. The molecular formula is C24H37FN4O2. The van der Waals surface area contributed by atoms with Crippen LogP contribution in [0.2, 0.25) is 0 Å². The number of hydrogen-bond donors (Lipinski definition) is 3. The zero-order valence-corrected chi connectivity index (χ0v) is 19.1. The number of hydrazine groups is 1. The number of amides is 2. The number of ether oxygens (including phenoxy) is 1. The van der Waals surface area contributed by atoms with Gasteiger partial charge in [-0.2, -0.15) is 0 Å². The summed E-state index contributed by atoms with van der Waals surface area (Å²) in [6.07, 6.45) is 5.35. The van der Waals surface area contributed by atoms with Crippen molar-refractivity contribution in [2.75, 3.05) is 26.2 Å². The second-order valence-corrected chi connectivity index (χ2v) is 9.83. The first kappa shape index (κ1) is 23.5.